The second-order valence-corrected chi connectivity index (χ2v) is 5.64. The Labute approximate surface area is 136 Å². The van der Waals surface area contributed by atoms with Crippen LogP contribution in [-0.4, -0.2) is 11.9 Å². The van der Waals surface area contributed by atoms with Gasteiger partial charge in [-0.15, -0.1) is 0 Å². The molecule has 0 bridgehead atoms. The quantitative estimate of drug-likeness (QED) is 0.289. The van der Waals surface area contributed by atoms with Crippen LogP contribution in [0.4, 0.5) is 0 Å². The van der Waals surface area contributed by atoms with Gasteiger partial charge in [0.05, 0.1) is 5.56 Å². The van der Waals surface area contributed by atoms with Crippen molar-refractivity contribution in [2.45, 2.75) is 13.8 Å². The van der Waals surface area contributed by atoms with E-state index in [1.165, 1.54) is 0 Å². The number of amides is 1. The van der Waals surface area contributed by atoms with E-state index in [9.17, 15) is 9.59 Å². The lowest BCUT2D eigenvalue weighted by Crippen LogP contribution is -2.30. The SMILES string of the molecule is Cc1cc(C(=O)NN)cc(C)c1OC(=O)c1ccccc1Br. The number of nitrogen functional groups attached to an aromatic ring is 1. The van der Waals surface area contributed by atoms with Crippen molar-refractivity contribution >= 4 is 27.8 Å². The Bertz CT molecular complexity index is 721. The number of benzene rings is 2. The second kappa shape index (κ2) is 6.72. The summed E-state index contributed by atoms with van der Waals surface area (Å²) in [5.74, 6) is 4.71. The van der Waals surface area contributed by atoms with Crippen molar-refractivity contribution in [1.29, 1.82) is 0 Å². The molecule has 0 aliphatic rings. The number of nitrogens with two attached hydrogens (primary N) is 1. The molecular weight excluding hydrogens is 348 g/mol. The molecule has 0 saturated carbocycles. The number of nitrogens with one attached hydrogen (secondary N) is 1. The normalized spacial score (nSPS) is 10.2. The Morgan fingerprint density at radius 2 is 1.73 bits per heavy atom. The van der Waals surface area contributed by atoms with Crippen molar-refractivity contribution in [3.63, 3.8) is 0 Å². The van der Waals surface area contributed by atoms with E-state index >= 15 is 0 Å². The van der Waals surface area contributed by atoms with E-state index < -0.39 is 11.9 Å². The molecule has 1 amide bonds. The first-order chi connectivity index (χ1) is 10.4. The monoisotopic (exact) mass is 362 g/mol. The maximum atomic E-state index is 12.3. The van der Waals surface area contributed by atoms with E-state index in [0.29, 0.717) is 32.5 Å². The minimum Gasteiger partial charge on any atom is -0.422 e. The molecule has 0 aliphatic carbocycles. The Kier molecular flexibility index (Phi) is 4.95. The molecule has 0 unspecified atom stereocenters. The molecular formula is C16H15BrN2O3. The van der Waals surface area contributed by atoms with Gasteiger partial charge in [0.15, 0.2) is 0 Å². The minimum atomic E-state index is -0.463. The highest BCUT2D eigenvalue weighted by Gasteiger charge is 2.16. The maximum Gasteiger partial charge on any atom is 0.344 e. The fourth-order valence-corrected chi connectivity index (χ4v) is 2.55. The maximum absolute atomic E-state index is 12.3. The van der Waals surface area contributed by atoms with Gasteiger partial charge in [0, 0.05) is 10.0 Å². The van der Waals surface area contributed by atoms with E-state index in [1.807, 2.05) is 6.07 Å². The van der Waals surface area contributed by atoms with Crippen molar-refractivity contribution < 1.29 is 14.3 Å². The number of rotatable bonds is 3. The van der Waals surface area contributed by atoms with E-state index in [-0.39, 0.29) is 0 Å². The summed E-state index contributed by atoms with van der Waals surface area (Å²) >= 11 is 3.32. The van der Waals surface area contributed by atoms with Crippen LogP contribution >= 0.6 is 15.9 Å². The lowest BCUT2D eigenvalue weighted by molar-refractivity contribution is 0.0731. The highest BCUT2D eigenvalue weighted by atomic mass is 79.9. The van der Waals surface area contributed by atoms with Gasteiger partial charge in [-0.2, -0.15) is 0 Å². The van der Waals surface area contributed by atoms with Crippen LogP contribution in [0, 0.1) is 13.8 Å². The number of carbonyl (C=O) groups excluding carboxylic acids is 2. The van der Waals surface area contributed by atoms with Gasteiger partial charge < -0.3 is 4.74 Å². The van der Waals surface area contributed by atoms with Crippen LogP contribution in [0.2, 0.25) is 0 Å². The lowest BCUT2D eigenvalue weighted by Gasteiger charge is -2.13. The lowest BCUT2D eigenvalue weighted by atomic mass is 10.1. The first-order valence-electron chi connectivity index (χ1n) is 6.53. The molecule has 0 aliphatic heterocycles. The smallest absolute Gasteiger partial charge is 0.344 e. The number of carbonyl (C=O) groups is 2. The van der Waals surface area contributed by atoms with Crippen LogP contribution in [-0.2, 0) is 0 Å². The van der Waals surface area contributed by atoms with Crippen LogP contribution in [0.1, 0.15) is 31.8 Å². The van der Waals surface area contributed by atoms with Crippen LogP contribution in [0.15, 0.2) is 40.9 Å². The largest absolute Gasteiger partial charge is 0.422 e. The van der Waals surface area contributed by atoms with E-state index in [2.05, 4.69) is 21.4 Å². The molecule has 0 atom stereocenters. The zero-order valence-electron chi connectivity index (χ0n) is 12.1. The summed E-state index contributed by atoms with van der Waals surface area (Å²) in [6.07, 6.45) is 0. The minimum absolute atomic E-state index is 0.394. The average Bonchev–Trinajstić information content (AvgIpc) is 2.50. The molecule has 2 aromatic carbocycles. The van der Waals surface area contributed by atoms with E-state index in [4.69, 9.17) is 10.6 Å². The van der Waals surface area contributed by atoms with Crippen molar-refractivity contribution in [2.75, 3.05) is 0 Å². The summed E-state index contributed by atoms with van der Waals surface area (Å²) in [6.45, 7) is 3.53. The van der Waals surface area contributed by atoms with Gasteiger partial charge in [-0.05, 0) is 65.2 Å². The molecule has 0 spiro atoms. The predicted molar refractivity (Wildman–Crippen MR) is 86.7 cm³/mol. The highest BCUT2D eigenvalue weighted by Crippen LogP contribution is 2.27. The Hall–Kier alpha value is -2.18. The molecule has 2 rings (SSSR count). The number of halogens is 1. The van der Waals surface area contributed by atoms with Gasteiger partial charge in [-0.25, -0.2) is 10.6 Å². The number of hydrogen-bond acceptors (Lipinski definition) is 4. The molecule has 2 aromatic rings. The molecule has 0 radical (unpaired) electrons. The molecule has 0 heterocycles. The number of esters is 1. The van der Waals surface area contributed by atoms with Gasteiger partial charge in [-0.1, -0.05) is 12.1 Å². The molecule has 5 nitrogen and oxygen atoms in total. The molecule has 22 heavy (non-hydrogen) atoms. The zero-order chi connectivity index (χ0) is 16.3. The van der Waals surface area contributed by atoms with Crippen molar-refractivity contribution in [1.82, 2.24) is 5.43 Å². The van der Waals surface area contributed by atoms with Crippen molar-refractivity contribution in [3.8, 4) is 5.75 Å². The number of hydrazine groups is 1. The number of hydrogen-bond donors (Lipinski definition) is 2. The van der Waals surface area contributed by atoms with Crippen LogP contribution in [0.3, 0.4) is 0 Å². The predicted octanol–water partition coefficient (Wildman–Crippen LogP) is 2.89. The summed E-state index contributed by atoms with van der Waals surface area (Å²) in [5, 5.41) is 0. The number of aryl methyl sites for hydroxylation is 2. The molecule has 3 N–H and O–H groups in total. The van der Waals surface area contributed by atoms with Gasteiger partial charge in [0.1, 0.15) is 5.75 Å². The van der Waals surface area contributed by atoms with E-state index in [1.54, 1.807) is 44.2 Å². The van der Waals surface area contributed by atoms with E-state index in [0.717, 1.165) is 0 Å². The summed E-state index contributed by atoms with van der Waals surface area (Å²) in [7, 11) is 0. The third-order valence-electron chi connectivity index (χ3n) is 3.14. The Balaban J connectivity index is 2.33. The summed E-state index contributed by atoms with van der Waals surface area (Å²) < 4.78 is 6.14. The molecule has 0 fully saturated rings. The van der Waals surface area contributed by atoms with Crippen molar-refractivity contribution in [3.05, 3.63) is 63.1 Å². The summed E-state index contributed by atoms with van der Waals surface area (Å²) in [6, 6.07) is 10.3. The zero-order valence-corrected chi connectivity index (χ0v) is 13.7. The standard InChI is InChI=1S/C16H15BrN2O3/c1-9-7-11(15(20)19-18)8-10(2)14(9)22-16(21)12-5-3-4-6-13(12)17/h3-8H,18H2,1-2H3,(H,19,20). The van der Waals surface area contributed by atoms with Crippen LogP contribution in [0.25, 0.3) is 0 Å². The van der Waals surface area contributed by atoms with Crippen molar-refractivity contribution in [2.24, 2.45) is 5.84 Å². The summed E-state index contributed by atoms with van der Waals surface area (Å²) in [5.41, 5.74) is 4.29. The van der Waals surface area contributed by atoms with Gasteiger partial charge in [0.2, 0.25) is 0 Å². The molecule has 0 aromatic heterocycles. The Morgan fingerprint density at radius 3 is 2.27 bits per heavy atom. The Morgan fingerprint density at radius 1 is 1.14 bits per heavy atom. The first-order valence-corrected chi connectivity index (χ1v) is 7.32. The van der Waals surface area contributed by atoms with Gasteiger partial charge >= 0.3 is 5.97 Å². The number of ether oxygens (including phenoxy) is 1. The third kappa shape index (κ3) is 3.35. The van der Waals surface area contributed by atoms with Gasteiger partial charge in [-0.3, -0.25) is 10.2 Å². The van der Waals surface area contributed by atoms with Crippen LogP contribution in [0.5, 0.6) is 5.75 Å². The summed E-state index contributed by atoms with van der Waals surface area (Å²) in [4.78, 5) is 23.8. The molecule has 6 heteroatoms. The topological polar surface area (TPSA) is 81.4 Å². The molecule has 0 saturated heterocycles. The second-order valence-electron chi connectivity index (χ2n) is 4.78. The average molecular weight is 363 g/mol. The third-order valence-corrected chi connectivity index (χ3v) is 3.83. The highest BCUT2D eigenvalue weighted by molar-refractivity contribution is 9.10. The van der Waals surface area contributed by atoms with Gasteiger partial charge in [0.25, 0.3) is 5.91 Å². The fourth-order valence-electron chi connectivity index (χ4n) is 2.10. The first kappa shape index (κ1) is 16.2. The fraction of sp³-hybridized carbons (Fsp3) is 0.125. The van der Waals surface area contributed by atoms with Crippen LogP contribution < -0.4 is 16.0 Å². The molecule has 114 valence electrons.